The largest absolute Gasteiger partial charge is 0.479 e. The number of ether oxygens (including phenoxy) is 1. The van der Waals surface area contributed by atoms with Gasteiger partial charge in [0.1, 0.15) is 0 Å². The molecule has 1 heterocycles. The van der Waals surface area contributed by atoms with E-state index in [-0.39, 0.29) is 6.10 Å². The molecule has 1 N–H and O–H groups in total. The molecule has 0 bridgehead atoms. The molecule has 1 aliphatic rings. The third kappa shape index (κ3) is 3.87. The van der Waals surface area contributed by atoms with Crippen LogP contribution >= 0.6 is 11.6 Å². The molecular formula is C24H24ClNO3. The van der Waals surface area contributed by atoms with Crippen LogP contribution in [0.5, 0.6) is 0 Å². The van der Waals surface area contributed by atoms with Gasteiger partial charge in [0, 0.05) is 21.7 Å². The molecule has 1 unspecified atom stereocenters. The van der Waals surface area contributed by atoms with E-state index in [1.54, 1.807) is 6.07 Å². The Morgan fingerprint density at radius 2 is 1.97 bits per heavy atom. The molecule has 0 saturated heterocycles. The first-order chi connectivity index (χ1) is 14.0. The lowest BCUT2D eigenvalue weighted by Gasteiger charge is -2.30. The Kier molecular flexibility index (Phi) is 5.57. The van der Waals surface area contributed by atoms with Crippen LogP contribution in [0.25, 0.3) is 22.0 Å². The van der Waals surface area contributed by atoms with Gasteiger partial charge < -0.3 is 9.84 Å². The summed E-state index contributed by atoms with van der Waals surface area (Å²) in [5.74, 6) is -0.991. The van der Waals surface area contributed by atoms with E-state index in [1.165, 1.54) is 5.56 Å². The fraction of sp³-hybridized carbons (Fsp3) is 0.333. The molecule has 0 amide bonds. The summed E-state index contributed by atoms with van der Waals surface area (Å²) >= 11 is 6.30. The SMILES string of the molecule is CCc1ccc(-c2c(C(OC3CCC3)C(=O)O)c(C)nc3ccc(Cl)cc23)cc1. The number of benzene rings is 2. The maximum Gasteiger partial charge on any atom is 0.337 e. The summed E-state index contributed by atoms with van der Waals surface area (Å²) < 4.78 is 6.03. The number of fused-ring (bicyclic) bond motifs is 1. The number of aromatic nitrogens is 1. The fourth-order valence-electron chi connectivity index (χ4n) is 3.86. The van der Waals surface area contributed by atoms with Crippen molar-refractivity contribution >= 4 is 28.5 Å². The molecule has 1 saturated carbocycles. The van der Waals surface area contributed by atoms with Crippen LogP contribution < -0.4 is 0 Å². The summed E-state index contributed by atoms with van der Waals surface area (Å²) in [4.78, 5) is 16.9. The highest BCUT2D eigenvalue weighted by molar-refractivity contribution is 6.31. The number of carboxylic acid groups (broad SMARTS) is 1. The average Bonchev–Trinajstić information content (AvgIpc) is 2.67. The first-order valence-electron chi connectivity index (χ1n) is 10.0. The predicted molar refractivity (Wildman–Crippen MR) is 115 cm³/mol. The molecule has 5 heteroatoms. The smallest absolute Gasteiger partial charge is 0.337 e. The van der Waals surface area contributed by atoms with Gasteiger partial charge in [-0.05, 0) is 67.5 Å². The molecule has 1 aromatic heterocycles. The van der Waals surface area contributed by atoms with Gasteiger partial charge in [-0.3, -0.25) is 4.98 Å². The van der Waals surface area contributed by atoms with Crippen LogP contribution in [-0.4, -0.2) is 22.2 Å². The highest BCUT2D eigenvalue weighted by Gasteiger charge is 2.32. The lowest BCUT2D eigenvalue weighted by molar-refractivity contribution is -0.158. The number of hydrogen-bond acceptors (Lipinski definition) is 3. The minimum absolute atomic E-state index is 0.0131. The summed E-state index contributed by atoms with van der Waals surface area (Å²) in [6.45, 7) is 3.96. The normalized spacial score (nSPS) is 15.3. The van der Waals surface area contributed by atoms with E-state index in [2.05, 4.69) is 24.0 Å². The Morgan fingerprint density at radius 1 is 1.24 bits per heavy atom. The first kappa shape index (κ1) is 19.9. The molecule has 1 atom stereocenters. The second-order valence-electron chi connectivity index (χ2n) is 7.61. The Labute approximate surface area is 175 Å². The molecule has 4 rings (SSSR count). The van der Waals surface area contributed by atoms with Crippen molar-refractivity contribution in [3.63, 3.8) is 0 Å². The van der Waals surface area contributed by atoms with E-state index in [4.69, 9.17) is 16.3 Å². The van der Waals surface area contributed by atoms with E-state index >= 15 is 0 Å². The third-order valence-corrected chi connectivity index (χ3v) is 5.93. The van der Waals surface area contributed by atoms with Gasteiger partial charge in [-0.25, -0.2) is 4.79 Å². The lowest BCUT2D eigenvalue weighted by Crippen LogP contribution is -2.28. The van der Waals surface area contributed by atoms with Gasteiger partial charge in [-0.1, -0.05) is 42.8 Å². The zero-order valence-corrected chi connectivity index (χ0v) is 17.4. The number of nitrogens with zero attached hydrogens (tertiary/aromatic N) is 1. The topological polar surface area (TPSA) is 59.4 Å². The van der Waals surface area contributed by atoms with Gasteiger partial charge in [0.2, 0.25) is 0 Å². The Balaban J connectivity index is 1.98. The van der Waals surface area contributed by atoms with Crippen LogP contribution in [0.4, 0.5) is 0 Å². The monoisotopic (exact) mass is 409 g/mol. The minimum Gasteiger partial charge on any atom is -0.479 e. The highest BCUT2D eigenvalue weighted by Crippen LogP contribution is 2.40. The Hall–Kier alpha value is -2.43. The minimum atomic E-state index is -1.06. The summed E-state index contributed by atoms with van der Waals surface area (Å²) in [6, 6.07) is 13.8. The highest BCUT2D eigenvalue weighted by atomic mass is 35.5. The molecule has 0 spiro atoms. The number of hydrogen-bond donors (Lipinski definition) is 1. The van der Waals surface area contributed by atoms with Crippen LogP contribution in [0.1, 0.15) is 49.1 Å². The second-order valence-corrected chi connectivity index (χ2v) is 8.04. The third-order valence-electron chi connectivity index (χ3n) is 5.69. The quantitative estimate of drug-likeness (QED) is 0.532. The van der Waals surface area contributed by atoms with Crippen molar-refractivity contribution in [2.75, 3.05) is 0 Å². The Morgan fingerprint density at radius 3 is 2.55 bits per heavy atom. The number of aliphatic carboxylic acids is 1. The van der Waals surface area contributed by atoms with E-state index in [1.807, 2.05) is 31.2 Å². The van der Waals surface area contributed by atoms with Crippen molar-refractivity contribution in [1.82, 2.24) is 4.98 Å². The number of carboxylic acids is 1. The maximum absolute atomic E-state index is 12.2. The van der Waals surface area contributed by atoms with E-state index < -0.39 is 12.1 Å². The van der Waals surface area contributed by atoms with Crippen molar-refractivity contribution < 1.29 is 14.6 Å². The molecule has 4 nitrogen and oxygen atoms in total. The van der Waals surface area contributed by atoms with Gasteiger partial charge in [0.25, 0.3) is 0 Å². The van der Waals surface area contributed by atoms with Crippen molar-refractivity contribution in [2.24, 2.45) is 0 Å². The first-order valence-corrected chi connectivity index (χ1v) is 10.4. The summed E-state index contributed by atoms with van der Waals surface area (Å²) in [5, 5.41) is 11.4. The number of carbonyl (C=O) groups is 1. The van der Waals surface area contributed by atoms with Crippen LogP contribution in [0, 0.1) is 6.92 Å². The molecule has 150 valence electrons. The number of aryl methyl sites for hydroxylation is 2. The molecule has 0 aliphatic heterocycles. The van der Waals surface area contributed by atoms with Crippen LogP contribution in [-0.2, 0) is 16.0 Å². The molecule has 3 aromatic rings. The average molecular weight is 410 g/mol. The zero-order valence-electron chi connectivity index (χ0n) is 16.6. The standard InChI is InChI=1S/C24H24ClNO3/c1-3-15-7-9-16(10-8-15)22-19-13-17(25)11-12-20(19)26-14(2)21(22)23(24(27)28)29-18-5-4-6-18/h7-13,18,23H,3-6H2,1-2H3,(H,27,28). The molecule has 1 aliphatic carbocycles. The number of rotatable bonds is 6. The van der Waals surface area contributed by atoms with Crippen molar-refractivity contribution in [3.8, 4) is 11.1 Å². The molecule has 1 fully saturated rings. The van der Waals surface area contributed by atoms with Gasteiger partial charge in [0.05, 0.1) is 11.6 Å². The summed E-state index contributed by atoms with van der Waals surface area (Å²) in [7, 11) is 0. The predicted octanol–water partition coefficient (Wildman–Crippen LogP) is 6.12. The van der Waals surface area contributed by atoms with Crippen LogP contribution in [0.3, 0.4) is 0 Å². The van der Waals surface area contributed by atoms with Gasteiger partial charge in [0.15, 0.2) is 6.10 Å². The maximum atomic E-state index is 12.2. The van der Waals surface area contributed by atoms with E-state index in [9.17, 15) is 9.90 Å². The van der Waals surface area contributed by atoms with Crippen molar-refractivity contribution in [3.05, 3.63) is 64.3 Å². The second kappa shape index (κ2) is 8.13. The summed E-state index contributed by atoms with van der Waals surface area (Å²) in [5.41, 5.74) is 5.08. The van der Waals surface area contributed by atoms with Gasteiger partial charge in [-0.15, -0.1) is 0 Å². The lowest BCUT2D eigenvalue weighted by atomic mass is 9.90. The molecular weight excluding hydrogens is 386 g/mol. The number of halogens is 1. The van der Waals surface area contributed by atoms with E-state index in [0.29, 0.717) is 16.3 Å². The van der Waals surface area contributed by atoms with Crippen molar-refractivity contribution in [1.29, 1.82) is 0 Å². The molecule has 0 radical (unpaired) electrons. The molecule has 29 heavy (non-hydrogen) atoms. The van der Waals surface area contributed by atoms with Gasteiger partial charge in [-0.2, -0.15) is 0 Å². The van der Waals surface area contributed by atoms with Crippen LogP contribution in [0.2, 0.25) is 5.02 Å². The number of pyridine rings is 1. The zero-order chi connectivity index (χ0) is 20.5. The van der Waals surface area contributed by atoms with Crippen LogP contribution in [0.15, 0.2) is 42.5 Å². The van der Waals surface area contributed by atoms with Crippen molar-refractivity contribution in [2.45, 2.75) is 51.7 Å². The molecule has 2 aromatic carbocycles. The summed E-state index contributed by atoms with van der Waals surface area (Å²) in [6.07, 6.45) is 2.75. The van der Waals surface area contributed by atoms with Gasteiger partial charge >= 0.3 is 5.97 Å². The Bertz CT molecular complexity index is 1060. The fourth-order valence-corrected chi connectivity index (χ4v) is 4.03. The van der Waals surface area contributed by atoms with E-state index in [0.717, 1.165) is 47.7 Å².